The molecule has 1 fully saturated rings. The van der Waals surface area contributed by atoms with Crippen LogP contribution in [0.3, 0.4) is 0 Å². The highest BCUT2D eigenvalue weighted by Crippen LogP contribution is 2.10. The van der Waals surface area contributed by atoms with E-state index < -0.39 is 0 Å². The first-order chi connectivity index (χ1) is 5.75. The van der Waals surface area contributed by atoms with Gasteiger partial charge in [-0.25, -0.2) is 0 Å². The average Bonchev–Trinajstić information content (AvgIpc) is 2.17. The summed E-state index contributed by atoms with van der Waals surface area (Å²) < 4.78 is 0. The molecule has 0 saturated carbocycles. The standard InChI is InChI=1S/C9H18N2O.ClH/c1-3-9(12)11(2)8-6-4-5-7-10-8;/h8,10H,3-7H2,1-2H3;1H. The summed E-state index contributed by atoms with van der Waals surface area (Å²) in [6.45, 7) is 2.95. The largest absolute Gasteiger partial charge is 0.330 e. The van der Waals surface area contributed by atoms with Crippen molar-refractivity contribution in [3.63, 3.8) is 0 Å². The van der Waals surface area contributed by atoms with Crippen molar-refractivity contribution >= 4 is 18.3 Å². The number of halogens is 1. The van der Waals surface area contributed by atoms with Gasteiger partial charge in [-0.3, -0.25) is 10.1 Å². The van der Waals surface area contributed by atoms with Crippen molar-refractivity contribution in [2.45, 2.75) is 38.8 Å². The van der Waals surface area contributed by atoms with Gasteiger partial charge in [-0.05, 0) is 25.8 Å². The lowest BCUT2D eigenvalue weighted by molar-refractivity contribution is -0.132. The lowest BCUT2D eigenvalue weighted by Gasteiger charge is -2.32. The molecule has 1 atom stereocenters. The Morgan fingerprint density at radius 1 is 1.54 bits per heavy atom. The van der Waals surface area contributed by atoms with Gasteiger partial charge in [0.05, 0.1) is 6.17 Å². The van der Waals surface area contributed by atoms with Crippen molar-refractivity contribution in [3.05, 3.63) is 0 Å². The molecule has 1 aliphatic heterocycles. The van der Waals surface area contributed by atoms with Crippen LogP contribution in [0.25, 0.3) is 0 Å². The molecule has 1 amide bonds. The molecule has 0 aromatic rings. The molecule has 1 rings (SSSR count). The lowest BCUT2D eigenvalue weighted by Crippen LogP contribution is -2.48. The Balaban J connectivity index is 0.00000144. The summed E-state index contributed by atoms with van der Waals surface area (Å²) in [5, 5.41) is 3.34. The number of piperidine rings is 1. The van der Waals surface area contributed by atoms with Gasteiger partial charge in [0.15, 0.2) is 0 Å². The summed E-state index contributed by atoms with van der Waals surface area (Å²) in [7, 11) is 1.88. The fourth-order valence-corrected chi connectivity index (χ4v) is 1.59. The summed E-state index contributed by atoms with van der Waals surface area (Å²) in [6.07, 6.45) is 4.46. The molecular weight excluding hydrogens is 188 g/mol. The first-order valence-electron chi connectivity index (χ1n) is 4.74. The molecule has 1 saturated heterocycles. The van der Waals surface area contributed by atoms with Gasteiger partial charge in [0, 0.05) is 13.5 Å². The van der Waals surface area contributed by atoms with Crippen LogP contribution in [0.5, 0.6) is 0 Å². The van der Waals surface area contributed by atoms with Crippen LogP contribution in [-0.4, -0.2) is 30.6 Å². The second-order valence-electron chi connectivity index (χ2n) is 3.32. The minimum absolute atomic E-state index is 0. The number of rotatable bonds is 2. The molecule has 0 radical (unpaired) electrons. The van der Waals surface area contributed by atoms with Gasteiger partial charge in [0.1, 0.15) is 0 Å². The van der Waals surface area contributed by atoms with E-state index in [1.807, 2.05) is 18.9 Å². The van der Waals surface area contributed by atoms with Crippen molar-refractivity contribution in [2.24, 2.45) is 0 Å². The minimum Gasteiger partial charge on any atom is -0.330 e. The van der Waals surface area contributed by atoms with E-state index in [1.165, 1.54) is 12.8 Å². The van der Waals surface area contributed by atoms with Crippen LogP contribution < -0.4 is 5.32 Å². The fraction of sp³-hybridized carbons (Fsp3) is 0.889. The molecule has 13 heavy (non-hydrogen) atoms. The van der Waals surface area contributed by atoms with Gasteiger partial charge in [-0.1, -0.05) is 6.92 Å². The predicted molar refractivity (Wildman–Crippen MR) is 56.0 cm³/mol. The molecule has 1 heterocycles. The zero-order valence-corrected chi connectivity index (χ0v) is 9.19. The van der Waals surface area contributed by atoms with E-state index in [-0.39, 0.29) is 24.5 Å². The van der Waals surface area contributed by atoms with Crippen LogP contribution in [0, 0.1) is 0 Å². The monoisotopic (exact) mass is 206 g/mol. The van der Waals surface area contributed by atoms with Crippen molar-refractivity contribution in [3.8, 4) is 0 Å². The summed E-state index contributed by atoms with van der Waals surface area (Å²) >= 11 is 0. The predicted octanol–water partition coefficient (Wildman–Crippen LogP) is 1.38. The van der Waals surface area contributed by atoms with E-state index in [2.05, 4.69) is 5.32 Å². The first-order valence-corrected chi connectivity index (χ1v) is 4.74. The molecule has 78 valence electrons. The van der Waals surface area contributed by atoms with Crippen LogP contribution in [0.2, 0.25) is 0 Å². The quantitative estimate of drug-likeness (QED) is 0.741. The molecule has 0 aliphatic carbocycles. The van der Waals surface area contributed by atoms with E-state index in [9.17, 15) is 4.79 Å². The number of hydrogen-bond acceptors (Lipinski definition) is 2. The topological polar surface area (TPSA) is 32.3 Å². The van der Waals surface area contributed by atoms with E-state index in [1.54, 1.807) is 0 Å². The molecule has 4 heteroatoms. The zero-order chi connectivity index (χ0) is 8.97. The maximum Gasteiger partial charge on any atom is 0.223 e. The zero-order valence-electron chi connectivity index (χ0n) is 8.38. The number of hydrogen-bond donors (Lipinski definition) is 1. The van der Waals surface area contributed by atoms with Gasteiger partial charge in [-0.15, -0.1) is 12.4 Å². The van der Waals surface area contributed by atoms with Crippen LogP contribution in [0.15, 0.2) is 0 Å². The first kappa shape index (κ1) is 12.7. The highest BCUT2D eigenvalue weighted by atomic mass is 35.5. The Bertz CT molecular complexity index is 158. The van der Waals surface area contributed by atoms with Crippen molar-refractivity contribution in [1.82, 2.24) is 10.2 Å². The highest BCUT2D eigenvalue weighted by Gasteiger charge is 2.19. The highest BCUT2D eigenvalue weighted by molar-refractivity contribution is 5.85. The SMILES string of the molecule is CCC(=O)N(C)C1CCCCN1.Cl. The van der Waals surface area contributed by atoms with E-state index in [0.29, 0.717) is 6.42 Å². The third-order valence-electron chi connectivity index (χ3n) is 2.45. The van der Waals surface area contributed by atoms with Crippen molar-refractivity contribution in [2.75, 3.05) is 13.6 Å². The number of nitrogens with zero attached hydrogens (tertiary/aromatic N) is 1. The van der Waals surface area contributed by atoms with E-state index in [0.717, 1.165) is 13.0 Å². The minimum atomic E-state index is 0. The summed E-state index contributed by atoms with van der Waals surface area (Å²) in [6, 6.07) is 0. The number of carbonyl (C=O) groups excluding carboxylic acids is 1. The Morgan fingerprint density at radius 2 is 2.23 bits per heavy atom. The number of nitrogens with one attached hydrogen (secondary N) is 1. The average molecular weight is 207 g/mol. The Morgan fingerprint density at radius 3 is 2.69 bits per heavy atom. The van der Waals surface area contributed by atoms with Crippen LogP contribution in [0.1, 0.15) is 32.6 Å². The molecule has 1 unspecified atom stereocenters. The molecule has 0 spiro atoms. The van der Waals surface area contributed by atoms with Crippen LogP contribution >= 0.6 is 12.4 Å². The van der Waals surface area contributed by atoms with Gasteiger partial charge in [0.25, 0.3) is 0 Å². The molecule has 1 N–H and O–H groups in total. The molecule has 0 aromatic carbocycles. The Hall–Kier alpha value is -0.280. The Labute approximate surface area is 86.3 Å². The molecule has 3 nitrogen and oxygen atoms in total. The second-order valence-corrected chi connectivity index (χ2v) is 3.32. The third kappa shape index (κ3) is 3.53. The van der Waals surface area contributed by atoms with Crippen LogP contribution in [-0.2, 0) is 4.79 Å². The molecule has 0 bridgehead atoms. The second kappa shape index (κ2) is 6.22. The molecule has 0 aromatic heterocycles. The normalized spacial score (nSPS) is 21.8. The van der Waals surface area contributed by atoms with Gasteiger partial charge in [0.2, 0.25) is 5.91 Å². The molecule has 1 aliphatic rings. The van der Waals surface area contributed by atoms with Crippen molar-refractivity contribution < 1.29 is 4.79 Å². The summed E-state index contributed by atoms with van der Waals surface area (Å²) in [5.74, 6) is 0.231. The number of amides is 1. The number of carbonyl (C=O) groups is 1. The van der Waals surface area contributed by atoms with Gasteiger partial charge >= 0.3 is 0 Å². The molecular formula is C9H19ClN2O. The third-order valence-corrected chi connectivity index (χ3v) is 2.45. The van der Waals surface area contributed by atoms with Gasteiger partial charge < -0.3 is 4.90 Å². The van der Waals surface area contributed by atoms with E-state index >= 15 is 0 Å². The smallest absolute Gasteiger partial charge is 0.223 e. The summed E-state index contributed by atoms with van der Waals surface area (Å²) in [5.41, 5.74) is 0. The van der Waals surface area contributed by atoms with E-state index in [4.69, 9.17) is 0 Å². The lowest BCUT2D eigenvalue weighted by atomic mass is 10.1. The van der Waals surface area contributed by atoms with Gasteiger partial charge in [-0.2, -0.15) is 0 Å². The van der Waals surface area contributed by atoms with Crippen LogP contribution in [0.4, 0.5) is 0 Å². The Kier molecular flexibility index (Phi) is 6.08. The summed E-state index contributed by atoms with van der Waals surface area (Å²) in [4.78, 5) is 13.1. The maximum atomic E-state index is 11.3. The fourth-order valence-electron chi connectivity index (χ4n) is 1.59. The maximum absolute atomic E-state index is 11.3. The van der Waals surface area contributed by atoms with Crippen molar-refractivity contribution in [1.29, 1.82) is 0 Å².